The van der Waals surface area contributed by atoms with Crippen molar-refractivity contribution in [3.63, 3.8) is 0 Å². The summed E-state index contributed by atoms with van der Waals surface area (Å²) < 4.78 is 123. The number of nitrogens with one attached hydrogen (secondary N) is 1. The van der Waals surface area contributed by atoms with Crippen LogP contribution in [-0.2, 0) is 11.0 Å². The predicted molar refractivity (Wildman–Crippen MR) is 137 cm³/mol. The van der Waals surface area contributed by atoms with Crippen LogP contribution >= 0.6 is 34.8 Å². The first-order valence-corrected chi connectivity index (χ1v) is 12.8. The van der Waals surface area contributed by atoms with E-state index in [4.69, 9.17) is 34.8 Å². The first kappa shape index (κ1) is 34.8. The first-order chi connectivity index (χ1) is 18.7. The molecule has 0 aliphatic heterocycles. The third kappa shape index (κ3) is 9.27. The zero-order valence-electron chi connectivity index (χ0n) is 21.1. The number of alkyl halides is 8. The molecule has 0 fully saturated rings. The lowest BCUT2D eigenvalue weighted by molar-refractivity contribution is -0.140. The molecular formula is C26H21Cl3F9NO2. The van der Waals surface area contributed by atoms with Gasteiger partial charge in [0, 0.05) is 29.9 Å². The molecular weight excluding hydrogens is 636 g/mol. The van der Waals surface area contributed by atoms with E-state index in [2.05, 4.69) is 0 Å². The Bertz CT molecular complexity index is 1300. The third-order valence-electron chi connectivity index (χ3n) is 5.91. The molecule has 0 aromatic heterocycles. The number of carbonyl (C=O) groups is 2. The van der Waals surface area contributed by atoms with E-state index in [0.29, 0.717) is 12.1 Å². The van der Waals surface area contributed by atoms with Crippen molar-refractivity contribution in [3.05, 3.63) is 73.7 Å². The Labute approximate surface area is 243 Å². The maximum Gasteiger partial charge on any atom is 0.417 e. The number of halogens is 12. The number of rotatable bonds is 10. The van der Waals surface area contributed by atoms with Crippen molar-refractivity contribution in [3.8, 4) is 0 Å². The molecule has 1 unspecified atom stereocenters. The highest BCUT2D eigenvalue weighted by Gasteiger charge is 2.40. The summed E-state index contributed by atoms with van der Waals surface area (Å²) in [5.41, 5.74) is -3.70. The van der Waals surface area contributed by atoms with E-state index in [1.165, 1.54) is 5.32 Å². The standard InChI is InChI=1S/C26H21Cl3F9NO2/c1-3-24(31,32)16(14-8-18(27)22(29)19(28)9-14)10-20(30)13-4-5-15(17(7-13)26(36,37)38)21(40)6-12(2)23(41)39-11-25(33,34)35/h4-5,7-10,12,16H,3,6,11H2,1-2H3,(H,39,41)/b20-10-/t12-,16?/m0/s1. The second-order valence-corrected chi connectivity index (χ2v) is 10.2. The van der Waals surface area contributed by atoms with Gasteiger partial charge in [-0.25, -0.2) is 13.2 Å². The topological polar surface area (TPSA) is 46.2 Å². The Hall–Kier alpha value is -2.44. The summed E-state index contributed by atoms with van der Waals surface area (Å²) in [6.45, 7) is 0.437. The molecule has 2 aromatic carbocycles. The van der Waals surface area contributed by atoms with Crippen LogP contribution in [0.25, 0.3) is 5.83 Å². The van der Waals surface area contributed by atoms with Crippen LogP contribution in [0.4, 0.5) is 39.5 Å². The molecule has 0 spiro atoms. The van der Waals surface area contributed by atoms with Crippen molar-refractivity contribution in [2.75, 3.05) is 6.54 Å². The SMILES string of the molecule is CCC(F)(F)C(/C=C(\F)c1ccc(C(=O)C[C@H](C)C(=O)NCC(F)(F)F)c(C(F)(F)F)c1)c1cc(Cl)c(Cl)c(Cl)c1. The number of carbonyl (C=O) groups excluding carboxylic acids is 2. The monoisotopic (exact) mass is 655 g/mol. The molecule has 0 saturated carbocycles. The van der Waals surface area contributed by atoms with E-state index < -0.39 is 83.7 Å². The van der Waals surface area contributed by atoms with Crippen LogP contribution in [0.5, 0.6) is 0 Å². The quantitative estimate of drug-likeness (QED) is 0.157. The maximum absolute atomic E-state index is 15.3. The first-order valence-electron chi connectivity index (χ1n) is 11.7. The molecule has 0 bridgehead atoms. The minimum absolute atomic E-state index is 0.151. The van der Waals surface area contributed by atoms with E-state index in [9.17, 15) is 44.7 Å². The van der Waals surface area contributed by atoms with Gasteiger partial charge in [0.2, 0.25) is 5.91 Å². The Morgan fingerprint density at radius 3 is 2.00 bits per heavy atom. The van der Waals surface area contributed by atoms with Gasteiger partial charge in [0.1, 0.15) is 12.4 Å². The summed E-state index contributed by atoms with van der Waals surface area (Å²) in [5, 5.41) is 0.937. The molecule has 226 valence electrons. The van der Waals surface area contributed by atoms with Crippen molar-refractivity contribution in [1.82, 2.24) is 5.32 Å². The number of ketones is 1. The number of amides is 1. The van der Waals surface area contributed by atoms with Gasteiger partial charge in [0.05, 0.1) is 26.5 Å². The van der Waals surface area contributed by atoms with Crippen molar-refractivity contribution in [2.45, 2.75) is 50.9 Å². The predicted octanol–water partition coefficient (Wildman–Crippen LogP) is 9.69. The van der Waals surface area contributed by atoms with Crippen LogP contribution < -0.4 is 5.32 Å². The second kappa shape index (κ2) is 13.2. The fraction of sp³-hybridized carbons (Fsp3) is 0.385. The molecule has 2 aromatic rings. The van der Waals surface area contributed by atoms with E-state index in [0.717, 1.165) is 32.0 Å². The molecule has 0 heterocycles. The molecule has 0 saturated heterocycles. The zero-order chi connectivity index (χ0) is 31.5. The molecule has 3 nitrogen and oxygen atoms in total. The lowest BCUT2D eigenvalue weighted by atomic mass is 9.89. The molecule has 2 atom stereocenters. The van der Waals surface area contributed by atoms with Crippen LogP contribution in [0.1, 0.15) is 59.7 Å². The highest BCUT2D eigenvalue weighted by Crippen LogP contribution is 2.43. The molecule has 2 rings (SSSR count). The summed E-state index contributed by atoms with van der Waals surface area (Å²) in [5.74, 6) is -11.0. The normalized spacial score (nSPS) is 14.5. The van der Waals surface area contributed by atoms with Gasteiger partial charge in [-0.15, -0.1) is 0 Å². The largest absolute Gasteiger partial charge is 0.417 e. The number of hydrogen-bond donors (Lipinski definition) is 1. The molecule has 1 amide bonds. The summed E-state index contributed by atoms with van der Waals surface area (Å²) in [7, 11) is 0. The van der Waals surface area contributed by atoms with Gasteiger partial charge in [0.15, 0.2) is 5.78 Å². The fourth-order valence-electron chi connectivity index (χ4n) is 3.69. The highest BCUT2D eigenvalue weighted by atomic mass is 35.5. The highest BCUT2D eigenvalue weighted by molar-refractivity contribution is 6.48. The smallest absolute Gasteiger partial charge is 0.347 e. The zero-order valence-corrected chi connectivity index (χ0v) is 23.4. The average Bonchev–Trinajstić information content (AvgIpc) is 2.86. The number of hydrogen-bond acceptors (Lipinski definition) is 2. The summed E-state index contributed by atoms with van der Waals surface area (Å²) in [6.07, 6.45) is -11.3. The Kier molecular flexibility index (Phi) is 11.2. The van der Waals surface area contributed by atoms with E-state index >= 15 is 4.39 Å². The molecule has 1 N–H and O–H groups in total. The minimum atomic E-state index is -5.23. The third-order valence-corrected chi connectivity index (χ3v) is 7.10. The van der Waals surface area contributed by atoms with Crippen LogP contribution in [0.15, 0.2) is 36.4 Å². The summed E-state index contributed by atoms with van der Waals surface area (Å²) in [4.78, 5) is 24.4. The van der Waals surface area contributed by atoms with Gasteiger partial charge in [0.25, 0.3) is 5.92 Å². The van der Waals surface area contributed by atoms with Crippen molar-refractivity contribution in [1.29, 1.82) is 0 Å². The van der Waals surface area contributed by atoms with Crippen molar-refractivity contribution < 1.29 is 49.1 Å². The minimum Gasteiger partial charge on any atom is -0.347 e. The van der Waals surface area contributed by atoms with Crippen LogP contribution in [-0.4, -0.2) is 30.3 Å². The molecule has 41 heavy (non-hydrogen) atoms. The van der Waals surface area contributed by atoms with Crippen LogP contribution in [0.3, 0.4) is 0 Å². The van der Waals surface area contributed by atoms with Gasteiger partial charge in [-0.2, -0.15) is 26.3 Å². The number of benzene rings is 2. The van der Waals surface area contributed by atoms with Gasteiger partial charge in [-0.1, -0.05) is 60.8 Å². The lowest BCUT2D eigenvalue weighted by Crippen LogP contribution is -2.37. The van der Waals surface area contributed by atoms with Gasteiger partial charge >= 0.3 is 12.4 Å². The molecule has 15 heteroatoms. The maximum atomic E-state index is 15.3. The summed E-state index contributed by atoms with van der Waals surface area (Å²) >= 11 is 17.7. The van der Waals surface area contributed by atoms with Gasteiger partial charge in [-0.05, 0) is 29.8 Å². The van der Waals surface area contributed by atoms with E-state index in [-0.39, 0.29) is 26.7 Å². The Morgan fingerprint density at radius 1 is 0.951 bits per heavy atom. The second-order valence-electron chi connectivity index (χ2n) is 9.02. The van der Waals surface area contributed by atoms with Crippen LogP contribution in [0.2, 0.25) is 15.1 Å². The molecule has 0 aliphatic rings. The van der Waals surface area contributed by atoms with Crippen molar-refractivity contribution in [2.24, 2.45) is 5.92 Å². The molecule has 0 radical (unpaired) electrons. The van der Waals surface area contributed by atoms with Gasteiger partial charge in [-0.3, -0.25) is 9.59 Å². The Morgan fingerprint density at radius 2 is 1.51 bits per heavy atom. The van der Waals surface area contributed by atoms with E-state index in [1.807, 2.05) is 0 Å². The molecule has 0 aliphatic carbocycles. The fourth-order valence-corrected chi connectivity index (χ4v) is 4.30. The van der Waals surface area contributed by atoms with Crippen molar-refractivity contribution >= 4 is 52.3 Å². The van der Waals surface area contributed by atoms with E-state index in [1.54, 1.807) is 0 Å². The Balaban J connectivity index is 2.49. The lowest BCUT2D eigenvalue weighted by Gasteiger charge is -2.25. The van der Waals surface area contributed by atoms with Crippen LogP contribution in [0, 0.1) is 5.92 Å². The van der Waals surface area contributed by atoms with Gasteiger partial charge < -0.3 is 5.32 Å². The average molecular weight is 657 g/mol. The number of Topliss-reactive ketones (excluding diaryl/α,β-unsaturated/α-hetero) is 1. The summed E-state index contributed by atoms with van der Waals surface area (Å²) in [6, 6.07) is 3.60. The number of allylic oxidation sites excluding steroid dienone is 1.